The van der Waals surface area contributed by atoms with Gasteiger partial charge in [-0.05, 0) is 31.7 Å². The van der Waals surface area contributed by atoms with Crippen LogP contribution in [0.25, 0.3) is 0 Å². The summed E-state index contributed by atoms with van der Waals surface area (Å²) in [4.78, 5) is 16.9. The highest BCUT2D eigenvalue weighted by atomic mass is 32.2. The summed E-state index contributed by atoms with van der Waals surface area (Å²) in [5, 5.41) is 4.80. The van der Waals surface area contributed by atoms with E-state index in [9.17, 15) is 0 Å². The zero-order valence-electron chi connectivity index (χ0n) is 9.71. The summed E-state index contributed by atoms with van der Waals surface area (Å²) in [6.07, 6.45) is 5.04. The molecule has 0 atom stereocenters. The molecule has 0 aliphatic carbocycles. The molecule has 1 N–H and O–H groups in total. The lowest BCUT2D eigenvalue weighted by Gasteiger charge is -2.05. The molecule has 2 rings (SSSR count). The Labute approximate surface area is 104 Å². The SMILES string of the molecule is CCNc1nc(C)cc(Sc2cnccn2)n1. The first-order chi connectivity index (χ1) is 8.28. The zero-order valence-corrected chi connectivity index (χ0v) is 10.5. The van der Waals surface area contributed by atoms with Crippen LogP contribution in [-0.4, -0.2) is 26.5 Å². The Balaban J connectivity index is 2.21. The molecule has 0 fully saturated rings. The van der Waals surface area contributed by atoms with Gasteiger partial charge in [0.05, 0.1) is 6.20 Å². The highest BCUT2D eigenvalue weighted by Gasteiger charge is 2.04. The molecule has 17 heavy (non-hydrogen) atoms. The maximum atomic E-state index is 4.39. The normalized spacial score (nSPS) is 10.2. The molecule has 0 aromatic carbocycles. The van der Waals surface area contributed by atoms with Crippen LogP contribution in [-0.2, 0) is 0 Å². The van der Waals surface area contributed by atoms with E-state index in [-0.39, 0.29) is 0 Å². The molecule has 0 unspecified atom stereocenters. The van der Waals surface area contributed by atoms with E-state index in [4.69, 9.17) is 0 Å². The molecule has 0 spiro atoms. The largest absolute Gasteiger partial charge is 0.354 e. The Kier molecular flexibility index (Phi) is 3.87. The van der Waals surface area contributed by atoms with Gasteiger partial charge in [0.2, 0.25) is 5.95 Å². The summed E-state index contributed by atoms with van der Waals surface area (Å²) in [5.41, 5.74) is 0.933. The lowest BCUT2D eigenvalue weighted by atomic mass is 10.5. The summed E-state index contributed by atoms with van der Waals surface area (Å²) >= 11 is 1.48. The maximum Gasteiger partial charge on any atom is 0.223 e. The number of aryl methyl sites for hydroxylation is 1. The topological polar surface area (TPSA) is 63.6 Å². The lowest BCUT2D eigenvalue weighted by molar-refractivity contribution is 0.977. The molecule has 0 aliphatic rings. The second-order valence-corrected chi connectivity index (χ2v) is 4.39. The molecule has 0 aliphatic heterocycles. The van der Waals surface area contributed by atoms with E-state index < -0.39 is 0 Å². The van der Waals surface area contributed by atoms with E-state index in [0.717, 1.165) is 22.3 Å². The van der Waals surface area contributed by atoms with Crippen molar-refractivity contribution in [3.05, 3.63) is 30.4 Å². The molecule has 0 saturated carbocycles. The van der Waals surface area contributed by atoms with Crippen molar-refractivity contribution in [2.45, 2.75) is 23.9 Å². The number of hydrogen-bond donors (Lipinski definition) is 1. The molecule has 6 heteroatoms. The highest BCUT2D eigenvalue weighted by Crippen LogP contribution is 2.24. The van der Waals surface area contributed by atoms with Crippen molar-refractivity contribution in [2.24, 2.45) is 0 Å². The van der Waals surface area contributed by atoms with Gasteiger partial charge in [0.1, 0.15) is 10.1 Å². The third-order valence-electron chi connectivity index (χ3n) is 1.91. The molecule has 5 nitrogen and oxygen atoms in total. The van der Waals surface area contributed by atoms with Gasteiger partial charge >= 0.3 is 0 Å². The van der Waals surface area contributed by atoms with Gasteiger partial charge in [0.25, 0.3) is 0 Å². The fourth-order valence-electron chi connectivity index (χ4n) is 1.27. The van der Waals surface area contributed by atoms with Crippen molar-refractivity contribution in [3.8, 4) is 0 Å². The molecule has 88 valence electrons. The number of aromatic nitrogens is 4. The van der Waals surface area contributed by atoms with Crippen molar-refractivity contribution in [1.29, 1.82) is 0 Å². The molecule has 2 aromatic heterocycles. The monoisotopic (exact) mass is 247 g/mol. The van der Waals surface area contributed by atoms with Crippen LogP contribution in [0.1, 0.15) is 12.6 Å². The van der Waals surface area contributed by atoms with Gasteiger partial charge in [0.15, 0.2) is 0 Å². The van der Waals surface area contributed by atoms with E-state index in [1.54, 1.807) is 18.6 Å². The Bertz CT molecular complexity index is 488. The number of nitrogens with zero attached hydrogens (tertiary/aromatic N) is 4. The van der Waals surface area contributed by atoms with Gasteiger partial charge in [-0.15, -0.1) is 0 Å². The molecule has 2 aromatic rings. The molecule has 0 bridgehead atoms. The smallest absolute Gasteiger partial charge is 0.223 e. The van der Waals surface area contributed by atoms with Gasteiger partial charge in [-0.2, -0.15) is 0 Å². The Hall–Kier alpha value is -1.69. The van der Waals surface area contributed by atoms with Gasteiger partial charge in [-0.25, -0.2) is 15.0 Å². The first-order valence-electron chi connectivity index (χ1n) is 5.31. The van der Waals surface area contributed by atoms with Crippen LogP contribution in [0.2, 0.25) is 0 Å². The predicted molar refractivity (Wildman–Crippen MR) is 67.1 cm³/mol. The number of hydrogen-bond acceptors (Lipinski definition) is 6. The lowest BCUT2D eigenvalue weighted by Crippen LogP contribution is -2.03. The van der Waals surface area contributed by atoms with Crippen molar-refractivity contribution in [3.63, 3.8) is 0 Å². The number of anilines is 1. The fraction of sp³-hybridized carbons (Fsp3) is 0.273. The van der Waals surface area contributed by atoms with Crippen molar-refractivity contribution in [2.75, 3.05) is 11.9 Å². The fourth-order valence-corrected chi connectivity index (χ4v) is 2.08. The minimum Gasteiger partial charge on any atom is -0.354 e. The first-order valence-corrected chi connectivity index (χ1v) is 6.13. The van der Waals surface area contributed by atoms with Crippen LogP contribution in [0.4, 0.5) is 5.95 Å². The average Bonchev–Trinajstić information content (AvgIpc) is 2.30. The molecular weight excluding hydrogens is 234 g/mol. The van der Waals surface area contributed by atoms with Crippen molar-refractivity contribution in [1.82, 2.24) is 19.9 Å². The van der Waals surface area contributed by atoms with Crippen molar-refractivity contribution >= 4 is 17.7 Å². The maximum absolute atomic E-state index is 4.39. The summed E-state index contributed by atoms with van der Waals surface area (Å²) in [6.45, 7) is 4.77. The number of nitrogens with one attached hydrogen (secondary N) is 1. The second-order valence-electron chi connectivity index (χ2n) is 3.35. The Morgan fingerprint density at radius 3 is 2.82 bits per heavy atom. The predicted octanol–water partition coefficient (Wildman–Crippen LogP) is 2.16. The van der Waals surface area contributed by atoms with E-state index in [2.05, 4.69) is 25.3 Å². The summed E-state index contributed by atoms with van der Waals surface area (Å²) in [5.74, 6) is 0.652. The highest BCUT2D eigenvalue weighted by molar-refractivity contribution is 7.99. The molecule has 0 radical (unpaired) electrons. The molecule has 0 amide bonds. The van der Waals surface area contributed by atoms with E-state index in [1.807, 2.05) is 19.9 Å². The third-order valence-corrected chi connectivity index (χ3v) is 2.75. The summed E-state index contributed by atoms with van der Waals surface area (Å²) < 4.78 is 0. The summed E-state index contributed by atoms with van der Waals surface area (Å²) in [7, 11) is 0. The Morgan fingerprint density at radius 2 is 2.12 bits per heavy atom. The van der Waals surface area contributed by atoms with Crippen LogP contribution >= 0.6 is 11.8 Å². The standard InChI is InChI=1S/C11H13N5S/c1-3-13-11-15-8(2)6-9(16-11)17-10-7-12-4-5-14-10/h4-7H,3H2,1-2H3,(H,13,15,16). The van der Waals surface area contributed by atoms with Gasteiger partial charge in [-0.1, -0.05) is 0 Å². The van der Waals surface area contributed by atoms with Crippen molar-refractivity contribution < 1.29 is 0 Å². The van der Waals surface area contributed by atoms with Gasteiger partial charge in [-0.3, -0.25) is 4.98 Å². The van der Waals surface area contributed by atoms with Crippen LogP contribution in [0, 0.1) is 6.92 Å². The molecule has 0 saturated heterocycles. The zero-order chi connectivity index (χ0) is 12.1. The van der Waals surface area contributed by atoms with Crippen LogP contribution in [0.3, 0.4) is 0 Å². The number of rotatable bonds is 4. The first kappa shape index (κ1) is 11.8. The molecular formula is C11H13N5S. The summed E-state index contributed by atoms with van der Waals surface area (Å²) in [6, 6.07) is 1.93. The third kappa shape index (κ3) is 3.39. The van der Waals surface area contributed by atoms with E-state index in [1.165, 1.54) is 11.8 Å². The average molecular weight is 247 g/mol. The second kappa shape index (κ2) is 5.58. The van der Waals surface area contributed by atoms with Crippen LogP contribution < -0.4 is 5.32 Å². The molecule has 2 heterocycles. The van der Waals surface area contributed by atoms with Crippen LogP contribution in [0.5, 0.6) is 0 Å². The van der Waals surface area contributed by atoms with Gasteiger partial charge in [0, 0.05) is 24.6 Å². The van der Waals surface area contributed by atoms with Gasteiger partial charge < -0.3 is 5.32 Å². The van der Waals surface area contributed by atoms with E-state index >= 15 is 0 Å². The van der Waals surface area contributed by atoms with Crippen LogP contribution in [0.15, 0.2) is 34.7 Å². The van der Waals surface area contributed by atoms with E-state index in [0.29, 0.717) is 5.95 Å². The minimum absolute atomic E-state index is 0.652. The quantitative estimate of drug-likeness (QED) is 0.835. The Morgan fingerprint density at radius 1 is 1.24 bits per heavy atom. The minimum atomic E-state index is 0.652.